The van der Waals surface area contributed by atoms with Gasteiger partial charge in [0.15, 0.2) is 0 Å². The van der Waals surface area contributed by atoms with Crippen molar-refractivity contribution in [2.45, 2.75) is 0 Å². The third-order valence-corrected chi connectivity index (χ3v) is 3.98. The van der Waals surface area contributed by atoms with E-state index in [1.165, 1.54) is 13.3 Å². The maximum Gasteiger partial charge on any atom is 0.243 e. The summed E-state index contributed by atoms with van der Waals surface area (Å²) in [5, 5.41) is 18.9. The van der Waals surface area contributed by atoms with Gasteiger partial charge in [0.05, 0.1) is 43.9 Å². The molecule has 0 aliphatic carbocycles. The van der Waals surface area contributed by atoms with Gasteiger partial charge in [-0.2, -0.15) is 10.4 Å². The van der Waals surface area contributed by atoms with Gasteiger partial charge in [-0.15, -0.1) is 0 Å². The third kappa shape index (κ3) is 4.40. The Labute approximate surface area is 162 Å². The number of nitrogens with one attached hydrogen (secondary N) is 2. The van der Waals surface area contributed by atoms with Crippen LogP contribution in [-0.4, -0.2) is 36.5 Å². The highest BCUT2D eigenvalue weighted by molar-refractivity contribution is 5.95. The summed E-state index contributed by atoms with van der Waals surface area (Å²) in [4.78, 5) is 12.3. The number of carbonyl (C=O) groups excluding carboxylic acids is 1. The highest BCUT2D eigenvalue weighted by atomic mass is 16.5. The first-order valence-electron chi connectivity index (χ1n) is 8.44. The molecule has 8 heteroatoms. The van der Waals surface area contributed by atoms with Crippen molar-refractivity contribution in [1.29, 1.82) is 5.26 Å². The van der Waals surface area contributed by atoms with Crippen LogP contribution in [0.2, 0.25) is 0 Å². The molecule has 2 N–H and O–H groups in total. The lowest BCUT2D eigenvalue weighted by molar-refractivity contribution is -0.114. The Morgan fingerprint density at radius 2 is 1.96 bits per heavy atom. The number of carbonyl (C=O) groups is 1. The van der Waals surface area contributed by atoms with Crippen LogP contribution in [0.4, 0.5) is 11.4 Å². The number of benzene rings is 2. The molecular formula is C20H19N5O3. The van der Waals surface area contributed by atoms with Crippen molar-refractivity contribution >= 4 is 17.3 Å². The second-order valence-corrected chi connectivity index (χ2v) is 5.80. The molecular weight excluding hydrogens is 358 g/mol. The van der Waals surface area contributed by atoms with Crippen molar-refractivity contribution in [2.24, 2.45) is 0 Å². The average Bonchev–Trinajstić information content (AvgIpc) is 3.22. The lowest BCUT2D eigenvalue weighted by Crippen LogP contribution is -2.22. The van der Waals surface area contributed by atoms with Crippen LogP contribution in [0.25, 0.3) is 5.69 Å². The summed E-state index contributed by atoms with van der Waals surface area (Å²) in [5.41, 5.74) is 2.63. The standard InChI is InChI=1S/C20H19N5O3/c1-27-17-7-8-19(28-2)18(9-17)24-20(26)12-22-15-3-5-16(6-4-15)25-13-14(10-21)11-23-25/h3-9,11,13,22H,12H2,1-2H3,(H,24,26). The summed E-state index contributed by atoms with van der Waals surface area (Å²) < 4.78 is 12.0. The quantitative estimate of drug-likeness (QED) is 0.657. The number of nitrogens with zero attached hydrogens (tertiary/aromatic N) is 3. The van der Waals surface area contributed by atoms with Crippen LogP contribution in [0.5, 0.6) is 11.5 Å². The van der Waals surface area contributed by atoms with Gasteiger partial charge in [0, 0.05) is 18.0 Å². The number of ether oxygens (including phenoxy) is 2. The summed E-state index contributed by atoms with van der Waals surface area (Å²) in [5.74, 6) is 0.952. The number of hydrogen-bond acceptors (Lipinski definition) is 6. The molecule has 0 unspecified atom stereocenters. The minimum absolute atomic E-state index is 0.0834. The van der Waals surface area contributed by atoms with E-state index in [1.54, 1.807) is 36.2 Å². The minimum Gasteiger partial charge on any atom is -0.497 e. The van der Waals surface area contributed by atoms with E-state index in [2.05, 4.69) is 15.7 Å². The van der Waals surface area contributed by atoms with Gasteiger partial charge >= 0.3 is 0 Å². The fraction of sp³-hybridized carbons (Fsp3) is 0.150. The van der Waals surface area contributed by atoms with E-state index in [0.29, 0.717) is 22.7 Å². The molecule has 0 saturated heterocycles. The number of nitriles is 1. The summed E-state index contributed by atoms with van der Waals surface area (Å²) in [6.07, 6.45) is 3.15. The van der Waals surface area contributed by atoms with Crippen molar-refractivity contribution < 1.29 is 14.3 Å². The predicted molar refractivity (Wildman–Crippen MR) is 105 cm³/mol. The van der Waals surface area contributed by atoms with Crippen LogP contribution in [0, 0.1) is 11.3 Å². The van der Waals surface area contributed by atoms with Crippen molar-refractivity contribution in [3.05, 3.63) is 60.4 Å². The molecule has 28 heavy (non-hydrogen) atoms. The van der Waals surface area contributed by atoms with Crippen LogP contribution in [0.1, 0.15) is 5.56 Å². The first kappa shape index (κ1) is 18.8. The van der Waals surface area contributed by atoms with E-state index in [0.717, 1.165) is 11.4 Å². The molecule has 1 aromatic heterocycles. The SMILES string of the molecule is COc1ccc(OC)c(NC(=O)CNc2ccc(-n3cc(C#N)cn3)cc2)c1. The van der Waals surface area contributed by atoms with Gasteiger partial charge in [-0.25, -0.2) is 4.68 Å². The van der Waals surface area contributed by atoms with Crippen LogP contribution in [-0.2, 0) is 4.79 Å². The zero-order chi connectivity index (χ0) is 19.9. The molecule has 2 aromatic carbocycles. The van der Waals surface area contributed by atoms with Gasteiger partial charge in [0.2, 0.25) is 5.91 Å². The maximum absolute atomic E-state index is 12.3. The fourth-order valence-corrected chi connectivity index (χ4v) is 2.54. The van der Waals surface area contributed by atoms with Gasteiger partial charge in [-0.3, -0.25) is 4.79 Å². The van der Waals surface area contributed by atoms with Gasteiger partial charge in [0.25, 0.3) is 0 Å². The van der Waals surface area contributed by atoms with Crippen LogP contribution in [0.3, 0.4) is 0 Å². The highest BCUT2D eigenvalue weighted by Gasteiger charge is 2.09. The van der Waals surface area contributed by atoms with Crippen LogP contribution < -0.4 is 20.1 Å². The number of rotatable bonds is 7. The topological polar surface area (TPSA) is 101 Å². The normalized spacial score (nSPS) is 10.0. The molecule has 142 valence electrons. The van der Waals surface area contributed by atoms with Gasteiger partial charge in [0.1, 0.15) is 17.6 Å². The second kappa shape index (κ2) is 8.60. The molecule has 0 atom stereocenters. The molecule has 0 fully saturated rings. The molecule has 3 rings (SSSR count). The molecule has 8 nitrogen and oxygen atoms in total. The van der Waals surface area contributed by atoms with E-state index in [-0.39, 0.29) is 12.5 Å². The van der Waals surface area contributed by atoms with E-state index < -0.39 is 0 Å². The lowest BCUT2D eigenvalue weighted by atomic mass is 10.2. The molecule has 0 aliphatic heterocycles. The first-order valence-corrected chi connectivity index (χ1v) is 8.44. The van der Waals surface area contributed by atoms with Crippen LogP contribution >= 0.6 is 0 Å². The molecule has 0 aliphatic rings. The van der Waals surface area contributed by atoms with E-state index in [4.69, 9.17) is 14.7 Å². The largest absolute Gasteiger partial charge is 0.497 e. The Kier molecular flexibility index (Phi) is 5.77. The summed E-state index contributed by atoms with van der Waals surface area (Å²) in [6, 6.07) is 14.6. The number of anilines is 2. The molecule has 3 aromatic rings. The third-order valence-electron chi connectivity index (χ3n) is 3.98. The Morgan fingerprint density at radius 3 is 2.61 bits per heavy atom. The van der Waals surface area contributed by atoms with Gasteiger partial charge in [-0.05, 0) is 36.4 Å². The first-order chi connectivity index (χ1) is 13.6. The summed E-state index contributed by atoms with van der Waals surface area (Å²) in [7, 11) is 3.10. The van der Waals surface area contributed by atoms with E-state index in [9.17, 15) is 4.79 Å². The number of methoxy groups -OCH3 is 2. The zero-order valence-corrected chi connectivity index (χ0v) is 15.5. The van der Waals surface area contributed by atoms with Crippen molar-refractivity contribution in [3.63, 3.8) is 0 Å². The fourth-order valence-electron chi connectivity index (χ4n) is 2.54. The Balaban J connectivity index is 1.60. The van der Waals surface area contributed by atoms with Crippen molar-refractivity contribution in [3.8, 4) is 23.3 Å². The van der Waals surface area contributed by atoms with Gasteiger partial charge in [-0.1, -0.05) is 0 Å². The highest BCUT2D eigenvalue weighted by Crippen LogP contribution is 2.28. The Bertz CT molecular complexity index is 1010. The van der Waals surface area contributed by atoms with E-state index >= 15 is 0 Å². The number of amides is 1. The predicted octanol–water partition coefficient (Wildman–Crippen LogP) is 2.81. The Hall–Kier alpha value is -3.99. The van der Waals surface area contributed by atoms with Crippen molar-refractivity contribution in [2.75, 3.05) is 31.4 Å². The molecule has 0 saturated carbocycles. The maximum atomic E-state index is 12.3. The lowest BCUT2D eigenvalue weighted by Gasteiger charge is -2.12. The number of hydrogen-bond donors (Lipinski definition) is 2. The second-order valence-electron chi connectivity index (χ2n) is 5.80. The average molecular weight is 377 g/mol. The molecule has 1 heterocycles. The van der Waals surface area contributed by atoms with Crippen LogP contribution in [0.15, 0.2) is 54.9 Å². The summed E-state index contributed by atoms with van der Waals surface area (Å²) in [6.45, 7) is 0.0834. The molecule has 1 amide bonds. The molecule has 0 spiro atoms. The van der Waals surface area contributed by atoms with Crippen molar-refractivity contribution in [1.82, 2.24) is 9.78 Å². The zero-order valence-electron chi connectivity index (χ0n) is 15.5. The smallest absolute Gasteiger partial charge is 0.243 e. The Morgan fingerprint density at radius 1 is 1.18 bits per heavy atom. The molecule has 0 radical (unpaired) electrons. The minimum atomic E-state index is -0.221. The monoisotopic (exact) mass is 377 g/mol. The van der Waals surface area contributed by atoms with Gasteiger partial charge < -0.3 is 20.1 Å². The van der Waals surface area contributed by atoms with E-state index in [1.807, 2.05) is 30.3 Å². The molecule has 0 bridgehead atoms. The number of aromatic nitrogens is 2. The summed E-state index contributed by atoms with van der Waals surface area (Å²) >= 11 is 0.